The van der Waals surface area contributed by atoms with Crippen LogP contribution in [0.3, 0.4) is 0 Å². The molecule has 0 saturated carbocycles. The summed E-state index contributed by atoms with van der Waals surface area (Å²) in [7, 11) is -3.25. The first-order valence-corrected chi connectivity index (χ1v) is 12.0. The quantitative estimate of drug-likeness (QED) is 0.753. The van der Waals surface area contributed by atoms with Crippen LogP contribution in [-0.2, 0) is 14.8 Å². The predicted octanol–water partition coefficient (Wildman–Crippen LogP) is 2.49. The third kappa shape index (κ3) is 4.39. The topological polar surface area (TPSA) is 73.3 Å². The van der Waals surface area contributed by atoms with Gasteiger partial charge in [-0.1, -0.05) is 48.5 Å². The molecule has 4 rings (SSSR count). The average Bonchev–Trinajstić information content (AvgIpc) is 3.04. The molecule has 2 aliphatic heterocycles. The van der Waals surface area contributed by atoms with Crippen molar-refractivity contribution in [2.75, 3.05) is 37.4 Å². The molecule has 2 aromatic rings. The number of nitrogens with zero attached hydrogens (tertiary/aromatic N) is 4. The van der Waals surface area contributed by atoms with Crippen molar-refractivity contribution in [1.29, 1.82) is 0 Å². The van der Waals surface area contributed by atoms with Crippen molar-refractivity contribution >= 4 is 27.3 Å². The molecule has 0 spiro atoms. The van der Waals surface area contributed by atoms with Crippen molar-refractivity contribution in [3.63, 3.8) is 0 Å². The Morgan fingerprint density at radius 3 is 2.27 bits per heavy atom. The first-order valence-electron chi connectivity index (χ1n) is 10.1. The second-order valence-corrected chi connectivity index (χ2v) is 9.65. The van der Waals surface area contributed by atoms with Gasteiger partial charge in [0.25, 0.3) is 5.91 Å². The molecular formula is C22H26N4O3S. The van der Waals surface area contributed by atoms with E-state index in [4.69, 9.17) is 5.10 Å². The van der Waals surface area contributed by atoms with Crippen LogP contribution in [0.5, 0.6) is 0 Å². The van der Waals surface area contributed by atoms with Gasteiger partial charge in [-0.25, -0.2) is 12.7 Å². The number of sulfonamides is 1. The monoisotopic (exact) mass is 426 g/mol. The van der Waals surface area contributed by atoms with Crippen LogP contribution in [0.1, 0.15) is 24.4 Å². The summed E-state index contributed by atoms with van der Waals surface area (Å²) in [4.78, 5) is 15.0. The molecule has 1 fully saturated rings. The van der Waals surface area contributed by atoms with Gasteiger partial charge in [-0.05, 0) is 24.1 Å². The van der Waals surface area contributed by atoms with E-state index in [0.717, 1.165) is 11.3 Å². The minimum atomic E-state index is -3.25. The van der Waals surface area contributed by atoms with Gasteiger partial charge in [0.1, 0.15) is 5.71 Å². The Kier molecular flexibility index (Phi) is 5.87. The highest BCUT2D eigenvalue weighted by Gasteiger charge is 2.35. The van der Waals surface area contributed by atoms with Crippen molar-refractivity contribution in [2.24, 2.45) is 5.10 Å². The van der Waals surface area contributed by atoms with E-state index >= 15 is 0 Å². The van der Waals surface area contributed by atoms with Crippen LogP contribution in [0.15, 0.2) is 65.8 Å². The lowest BCUT2D eigenvalue weighted by molar-refractivity contribution is -0.124. The number of anilines is 1. The summed E-state index contributed by atoms with van der Waals surface area (Å²) in [6, 6.07) is 19.9. The average molecular weight is 427 g/mol. The number of carbonyl (C=O) groups excluding carboxylic acids is 1. The number of hydrogen-bond acceptors (Lipinski definition) is 5. The zero-order valence-electron chi connectivity index (χ0n) is 17.0. The van der Waals surface area contributed by atoms with Crippen LogP contribution in [-0.4, -0.2) is 61.7 Å². The van der Waals surface area contributed by atoms with Crippen LogP contribution in [0.25, 0.3) is 0 Å². The number of hydrogen-bond donors (Lipinski definition) is 0. The lowest BCUT2D eigenvalue weighted by Gasteiger charge is -2.23. The van der Waals surface area contributed by atoms with E-state index < -0.39 is 10.0 Å². The molecule has 7 nitrogen and oxygen atoms in total. The summed E-state index contributed by atoms with van der Waals surface area (Å²) >= 11 is 0. The van der Waals surface area contributed by atoms with Crippen molar-refractivity contribution in [3.05, 3.63) is 66.2 Å². The van der Waals surface area contributed by atoms with Gasteiger partial charge < -0.3 is 4.90 Å². The SMILES string of the molecule is CS(=O)(=O)N1CCCN(C(=O)C2=NN(c3ccccc3)[C@H](c3ccccc3)C2)CC1. The van der Waals surface area contributed by atoms with Crippen molar-refractivity contribution in [2.45, 2.75) is 18.9 Å². The zero-order valence-corrected chi connectivity index (χ0v) is 17.8. The number of hydrazone groups is 1. The van der Waals surface area contributed by atoms with E-state index in [1.165, 1.54) is 10.6 Å². The minimum Gasteiger partial charge on any atom is -0.336 e. The Morgan fingerprint density at radius 2 is 1.60 bits per heavy atom. The van der Waals surface area contributed by atoms with Gasteiger partial charge in [0.05, 0.1) is 18.0 Å². The normalized spacial score (nSPS) is 20.7. The number of rotatable bonds is 4. The standard InChI is InChI=1S/C22H26N4O3S/c1-30(28,29)25-14-8-13-24(15-16-25)22(27)20-17-21(18-9-4-2-5-10-18)26(23-20)19-11-6-3-7-12-19/h2-7,9-12,21H,8,13-17H2,1H3/t21-/m0/s1. The lowest BCUT2D eigenvalue weighted by Crippen LogP contribution is -2.39. The fourth-order valence-corrected chi connectivity index (χ4v) is 4.88. The Hall–Kier alpha value is -2.71. The van der Waals surface area contributed by atoms with Crippen LogP contribution in [0, 0.1) is 0 Å². The van der Waals surface area contributed by atoms with E-state index in [-0.39, 0.29) is 11.9 Å². The second-order valence-electron chi connectivity index (χ2n) is 7.67. The summed E-state index contributed by atoms with van der Waals surface area (Å²) in [5.74, 6) is -0.107. The Bertz CT molecular complexity index is 1020. The summed E-state index contributed by atoms with van der Waals surface area (Å²) in [6.07, 6.45) is 2.36. The smallest absolute Gasteiger partial charge is 0.270 e. The minimum absolute atomic E-state index is 0.0490. The third-order valence-electron chi connectivity index (χ3n) is 5.57. The van der Waals surface area contributed by atoms with Crippen LogP contribution in [0.4, 0.5) is 5.69 Å². The Morgan fingerprint density at radius 1 is 0.933 bits per heavy atom. The predicted molar refractivity (Wildman–Crippen MR) is 118 cm³/mol. The van der Waals surface area contributed by atoms with Gasteiger partial charge in [0, 0.05) is 32.6 Å². The molecule has 0 N–H and O–H groups in total. The number of amides is 1. The molecule has 0 bridgehead atoms. The third-order valence-corrected chi connectivity index (χ3v) is 6.88. The highest BCUT2D eigenvalue weighted by atomic mass is 32.2. The molecule has 30 heavy (non-hydrogen) atoms. The first-order chi connectivity index (χ1) is 14.4. The van der Waals surface area contributed by atoms with Gasteiger partial charge in [-0.2, -0.15) is 5.10 Å². The van der Waals surface area contributed by atoms with E-state index in [9.17, 15) is 13.2 Å². The molecule has 2 heterocycles. The fraction of sp³-hybridized carbons (Fsp3) is 0.364. The highest BCUT2D eigenvalue weighted by molar-refractivity contribution is 7.88. The number of benzene rings is 2. The van der Waals surface area contributed by atoms with Crippen molar-refractivity contribution < 1.29 is 13.2 Å². The first kappa shape index (κ1) is 20.6. The molecule has 1 amide bonds. The molecule has 2 aliphatic rings. The maximum atomic E-state index is 13.3. The van der Waals surface area contributed by atoms with Gasteiger partial charge in [-0.15, -0.1) is 0 Å². The molecule has 0 radical (unpaired) electrons. The van der Waals surface area contributed by atoms with Crippen LogP contribution in [0.2, 0.25) is 0 Å². The molecular weight excluding hydrogens is 400 g/mol. The molecule has 1 saturated heterocycles. The lowest BCUT2D eigenvalue weighted by atomic mass is 10.0. The highest BCUT2D eigenvalue weighted by Crippen LogP contribution is 2.35. The molecule has 158 valence electrons. The van der Waals surface area contributed by atoms with Gasteiger partial charge in [0.15, 0.2) is 0 Å². The van der Waals surface area contributed by atoms with E-state index in [1.54, 1.807) is 4.90 Å². The Labute approximate surface area is 177 Å². The Balaban J connectivity index is 1.57. The maximum absolute atomic E-state index is 13.3. The van der Waals surface area contributed by atoms with Crippen molar-refractivity contribution in [3.8, 4) is 0 Å². The van der Waals surface area contributed by atoms with Gasteiger partial charge in [0.2, 0.25) is 10.0 Å². The fourth-order valence-electron chi connectivity index (χ4n) is 4.00. The summed E-state index contributed by atoms with van der Waals surface area (Å²) in [6.45, 7) is 1.68. The van der Waals surface area contributed by atoms with E-state index in [1.807, 2.05) is 53.5 Å². The number of carbonyl (C=O) groups is 1. The molecule has 8 heteroatoms. The second kappa shape index (κ2) is 8.57. The van der Waals surface area contributed by atoms with Crippen LogP contribution < -0.4 is 5.01 Å². The molecule has 2 aromatic carbocycles. The molecule has 0 aliphatic carbocycles. The van der Waals surface area contributed by atoms with Crippen LogP contribution >= 0.6 is 0 Å². The summed E-state index contributed by atoms with van der Waals surface area (Å²) in [5, 5.41) is 6.64. The van der Waals surface area contributed by atoms with Crippen molar-refractivity contribution in [1.82, 2.24) is 9.21 Å². The van der Waals surface area contributed by atoms with E-state index in [2.05, 4.69) is 12.1 Å². The zero-order chi connectivity index (χ0) is 21.1. The summed E-state index contributed by atoms with van der Waals surface area (Å²) < 4.78 is 25.2. The summed E-state index contributed by atoms with van der Waals surface area (Å²) in [5.41, 5.74) is 2.56. The number of para-hydroxylation sites is 1. The van der Waals surface area contributed by atoms with Gasteiger partial charge in [-0.3, -0.25) is 9.80 Å². The maximum Gasteiger partial charge on any atom is 0.270 e. The molecule has 0 unspecified atom stereocenters. The molecule has 1 atom stereocenters. The van der Waals surface area contributed by atoms with E-state index in [0.29, 0.717) is 44.7 Å². The molecule has 0 aromatic heterocycles. The largest absolute Gasteiger partial charge is 0.336 e. The van der Waals surface area contributed by atoms with Gasteiger partial charge >= 0.3 is 0 Å².